The third-order valence-electron chi connectivity index (χ3n) is 2.55. The van der Waals surface area contributed by atoms with Crippen molar-refractivity contribution in [3.8, 4) is 0 Å². The normalized spacial score (nSPS) is 20.7. The van der Waals surface area contributed by atoms with E-state index in [1.807, 2.05) is 0 Å². The molecule has 6 heteroatoms. The zero-order chi connectivity index (χ0) is 10.8. The summed E-state index contributed by atoms with van der Waals surface area (Å²) >= 11 is 5.65. The Labute approximate surface area is 91.1 Å². The second-order valence-corrected chi connectivity index (χ2v) is 4.09. The minimum atomic E-state index is -0.530. The molecule has 1 atom stereocenters. The van der Waals surface area contributed by atoms with E-state index in [2.05, 4.69) is 10.3 Å². The van der Waals surface area contributed by atoms with Crippen LogP contribution < -0.4 is 16.6 Å². The van der Waals surface area contributed by atoms with Crippen LogP contribution in [0.1, 0.15) is 12.8 Å². The lowest BCUT2D eigenvalue weighted by Gasteiger charge is -2.11. The molecule has 0 amide bonds. The number of hydrogen-bond acceptors (Lipinski definition) is 3. The second kappa shape index (κ2) is 4.20. The lowest BCUT2D eigenvalue weighted by molar-refractivity contribution is 0.492. The Hall–Kier alpha value is -1.07. The van der Waals surface area contributed by atoms with Crippen LogP contribution in [0.5, 0.6) is 0 Å². The van der Waals surface area contributed by atoms with Crippen LogP contribution in [0.25, 0.3) is 0 Å². The number of halogens is 1. The molecule has 2 heterocycles. The smallest absolute Gasteiger partial charge is 0.312 e. The van der Waals surface area contributed by atoms with Crippen LogP contribution in [0.15, 0.2) is 15.8 Å². The summed E-state index contributed by atoms with van der Waals surface area (Å²) in [6, 6.07) is 0.296. The highest BCUT2D eigenvalue weighted by Gasteiger charge is 2.15. The molecule has 0 spiro atoms. The highest BCUT2D eigenvalue weighted by atomic mass is 35.5. The van der Waals surface area contributed by atoms with E-state index < -0.39 is 11.2 Å². The first-order chi connectivity index (χ1) is 7.16. The maximum atomic E-state index is 11.4. The zero-order valence-electron chi connectivity index (χ0n) is 8.12. The largest absolute Gasteiger partial charge is 0.328 e. The molecule has 5 nitrogen and oxygen atoms in total. The maximum Gasteiger partial charge on any atom is 0.328 e. The van der Waals surface area contributed by atoms with E-state index in [0.717, 1.165) is 19.4 Å². The fourth-order valence-corrected chi connectivity index (χ4v) is 1.93. The molecule has 2 N–H and O–H groups in total. The average Bonchev–Trinajstić information content (AvgIpc) is 2.67. The van der Waals surface area contributed by atoms with Gasteiger partial charge < -0.3 is 5.32 Å². The molecule has 0 saturated carbocycles. The minimum absolute atomic E-state index is 0.0487. The van der Waals surface area contributed by atoms with Crippen molar-refractivity contribution in [2.24, 2.45) is 0 Å². The Morgan fingerprint density at radius 2 is 2.33 bits per heavy atom. The Balaban J connectivity index is 2.24. The molecule has 0 aliphatic carbocycles. The van der Waals surface area contributed by atoms with Gasteiger partial charge in [-0.3, -0.25) is 14.3 Å². The van der Waals surface area contributed by atoms with Crippen LogP contribution in [-0.4, -0.2) is 22.1 Å². The quantitative estimate of drug-likeness (QED) is 0.747. The fourth-order valence-electron chi connectivity index (χ4n) is 1.77. The molecule has 1 saturated heterocycles. The van der Waals surface area contributed by atoms with Crippen molar-refractivity contribution < 1.29 is 0 Å². The number of nitrogens with zero attached hydrogens (tertiary/aromatic N) is 1. The van der Waals surface area contributed by atoms with Gasteiger partial charge in [-0.1, -0.05) is 11.6 Å². The first kappa shape index (κ1) is 10.4. The Morgan fingerprint density at radius 1 is 1.53 bits per heavy atom. The van der Waals surface area contributed by atoms with Crippen LogP contribution in [0.3, 0.4) is 0 Å². The zero-order valence-corrected chi connectivity index (χ0v) is 8.88. The summed E-state index contributed by atoms with van der Waals surface area (Å²) in [5, 5.41) is 3.32. The van der Waals surface area contributed by atoms with Gasteiger partial charge in [0.2, 0.25) is 0 Å². The third-order valence-corrected chi connectivity index (χ3v) is 2.82. The summed E-state index contributed by atoms with van der Waals surface area (Å²) < 4.78 is 1.44. The predicted molar refractivity (Wildman–Crippen MR) is 57.4 cm³/mol. The topological polar surface area (TPSA) is 66.9 Å². The van der Waals surface area contributed by atoms with Gasteiger partial charge in [-0.25, -0.2) is 4.79 Å². The fraction of sp³-hybridized carbons (Fsp3) is 0.556. The number of rotatable bonds is 2. The number of aromatic amines is 1. The van der Waals surface area contributed by atoms with Gasteiger partial charge in [0.05, 0.1) is 0 Å². The van der Waals surface area contributed by atoms with Gasteiger partial charge >= 0.3 is 5.69 Å². The Kier molecular flexibility index (Phi) is 2.93. The first-order valence-electron chi connectivity index (χ1n) is 4.89. The molecule has 0 aromatic carbocycles. The van der Waals surface area contributed by atoms with Crippen molar-refractivity contribution in [1.82, 2.24) is 14.9 Å². The number of aromatic nitrogens is 2. The van der Waals surface area contributed by atoms with Gasteiger partial charge in [0.15, 0.2) is 0 Å². The summed E-state index contributed by atoms with van der Waals surface area (Å²) in [4.78, 5) is 24.6. The van der Waals surface area contributed by atoms with Crippen LogP contribution in [0.2, 0.25) is 5.02 Å². The molecule has 1 aliphatic rings. The Morgan fingerprint density at radius 3 is 3.00 bits per heavy atom. The van der Waals surface area contributed by atoms with Crippen LogP contribution in [0, 0.1) is 0 Å². The van der Waals surface area contributed by atoms with E-state index in [4.69, 9.17) is 11.6 Å². The van der Waals surface area contributed by atoms with Crippen LogP contribution >= 0.6 is 11.6 Å². The van der Waals surface area contributed by atoms with E-state index in [1.165, 1.54) is 10.8 Å². The lowest BCUT2D eigenvalue weighted by Crippen LogP contribution is -2.36. The highest BCUT2D eigenvalue weighted by molar-refractivity contribution is 6.30. The van der Waals surface area contributed by atoms with Crippen molar-refractivity contribution >= 4 is 11.6 Å². The summed E-state index contributed by atoms with van der Waals surface area (Å²) in [6.45, 7) is 1.53. The molecule has 0 radical (unpaired) electrons. The van der Waals surface area contributed by atoms with E-state index in [-0.39, 0.29) is 5.02 Å². The van der Waals surface area contributed by atoms with E-state index >= 15 is 0 Å². The van der Waals surface area contributed by atoms with Crippen molar-refractivity contribution in [2.45, 2.75) is 25.4 Å². The highest BCUT2D eigenvalue weighted by Crippen LogP contribution is 2.06. The summed E-state index contributed by atoms with van der Waals surface area (Å²) in [7, 11) is 0. The first-order valence-corrected chi connectivity index (χ1v) is 5.27. The number of H-pyrrole nitrogens is 1. The SMILES string of the molecule is O=c1[nH]c(=O)n(C[C@H]2CCCN2)cc1Cl. The second-order valence-electron chi connectivity index (χ2n) is 3.68. The molecule has 0 bridgehead atoms. The lowest BCUT2D eigenvalue weighted by atomic mass is 10.2. The van der Waals surface area contributed by atoms with E-state index in [9.17, 15) is 9.59 Å². The predicted octanol–water partition coefficient (Wildman–Crippen LogP) is -0.0580. The molecule has 0 unspecified atom stereocenters. The van der Waals surface area contributed by atoms with E-state index in [1.54, 1.807) is 0 Å². The Bertz CT molecular complexity index is 459. The summed E-state index contributed by atoms with van der Waals surface area (Å²) in [5.41, 5.74) is -0.935. The molecular weight excluding hydrogens is 218 g/mol. The van der Waals surface area contributed by atoms with E-state index in [0.29, 0.717) is 12.6 Å². The van der Waals surface area contributed by atoms with Crippen molar-refractivity contribution in [1.29, 1.82) is 0 Å². The van der Waals surface area contributed by atoms with Crippen LogP contribution in [-0.2, 0) is 6.54 Å². The minimum Gasteiger partial charge on any atom is -0.312 e. The van der Waals surface area contributed by atoms with Crippen molar-refractivity contribution in [2.75, 3.05) is 6.54 Å². The number of hydrogen-bond donors (Lipinski definition) is 2. The van der Waals surface area contributed by atoms with Gasteiger partial charge in [0.1, 0.15) is 5.02 Å². The van der Waals surface area contributed by atoms with Gasteiger partial charge in [-0.05, 0) is 19.4 Å². The molecule has 1 aromatic heterocycles. The molecule has 2 rings (SSSR count). The summed E-state index contributed by atoms with van der Waals surface area (Å²) in [5.74, 6) is 0. The molecule has 1 fully saturated rings. The van der Waals surface area contributed by atoms with Crippen molar-refractivity contribution in [3.05, 3.63) is 32.1 Å². The van der Waals surface area contributed by atoms with Gasteiger partial charge in [-0.2, -0.15) is 0 Å². The molecule has 1 aromatic rings. The molecule has 1 aliphatic heterocycles. The third kappa shape index (κ3) is 2.30. The van der Waals surface area contributed by atoms with Gasteiger partial charge in [0, 0.05) is 18.8 Å². The van der Waals surface area contributed by atoms with Crippen molar-refractivity contribution in [3.63, 3.8) is 0 Å². The van der Waals surface area contributed by atoms with Gasteiger partial charge in [0.25, 0.3) is 5.56 Å². The van der Waals surface area contributed by atoms with Crippen LogP contribution in [0.4, 0.5) is 0 Å². The molecule has 82 valence electrons. The summed E-state index contributed by atoms with van der Waals surface area (Å²) in [6.07, 6.45) is 3.56. The molecular formula is C9H12ClN3O2. The maximum absolute atomic E-state index is 11.4. The average molecular weight is 230 g/mol. The monoisotopic (exact) mass is 229 g/mol. The number of nitrogens with one attached hydrogen (secondary N) is 2. The van der Waals surface area contributed by atoms with Gasteiger partial charge in [-0.15, -0.1) is 0 Å². The molecule has 15 heavy (non-hydrogen) atoms. The standard InChI is InChI=1S/C9H12ClN3O2/c10-7-5-13(9(15)12-8(7)14)4-6-2-1-3-11-6/h5-6,11H,1-4H2,(H,12,14,15)/t6-/m1/s1.